The van der Waals surface area contributed by atoms with Crippen LogP contribution < -0.4 is 4.72 Å². The molecule has 6 nitrogen and oxygen atoms in total. The fourth-order valence-corrected chi connectivity index (χ4v) is 4.48. The summed E-state index contributed by atoms with van der Waals surface area (Å²) in [6, 6.07) is 15.4. The third-order valence-electron chi connectivity index (χ3n) is 3.97. The van der Waals surface area contributed by atoms with Crippen LogP contribution in [0.2, 0.25) is 0 Å². The highest BCUT2D eigenvalue weighted by molar-refractivity contribution is 7.90. The molecule has 3 rings (SSSR count). The number of sulfonamides is 1. The van der Waals surface area contributed by atoms with Gasteiger partial charge < -0.3 is 5.11 Å². The predicted molar refractivity (Wildman–Crippen MR) is 99.2 cm³/mol. The Labute approximate surface area is 152 Å². The largest absolute Gasteiger partial charge is 0.507 e. The Morgan fingerprint density at radius 2 is 1.46 bits per heavy atom. The second-order valence-electron chi connectivity index (χ2n) is 5.87. The molecule has 136 valence electrons. The van der Waals surface area contributed by atoms with Crippen molar-refractivity contribution in [3.05, 3.63) is 66.2 Å². The van der Waals surface area contributed by atoms with E-state index in [1.54, 1.807) is 36.4 Å². The van der Waals surface area contributed by atoms with Crippen LogP contribution in [0, 0.1) is 0 Å². The van der Waals surface area contributed by atoms with Crippen molar-refractivity contribution in [3.8, 4) is 5.75 Å². The Morgan fingerprint density at radius 3 is 2.12 bits per heavy atom. The van der Waals surface area contributed by atoms with E-state index >= 15 is 0 Å². The Kier molecular flexibility index (Phi) is 4.74. The first kappa shape index (κ1) is 18.4. The van der Waals surface area contributed by atoms with Gasteiger partial charge in [0.15, 0.2) is 9.84 Å². The summed E-state index contributed by atoms with van der Waals surface area (Å²) in [5.74, 6) is 0.0101. The van der Waals surface area contributed by atoms with Gasteiger partial charge in [0.1, 0.15) is 5.75 Å². The van der Waals surface area contributed by atoms with Gasteiger partial charge in [-0.3, -0.25) is 0 Å². The fraction of sp³-hybridized carbons (Fsp3) is 0.111. The normalized spacial score (nSPS) is 12.3. The number of fused-ring (bicyclic) bond motifs is 1. The van der Waals surface area contributed by atoms with Crippen LogP contribution in [0.1, 0.15) is 5.56 Å². The van der Waals surface area contributed by atoms with Gasteiger partial charge in [-0.15, -0.1) is 0 Å². The van der Waals surface area contributed by atoms with Gasteiger partial charge in [-0.2, -0.15) is 0 Å². The predicted octanol–water partition coefficient (Wildman–Crippen LogP) is 2.43. The second-order valence-corrected chi connectivity index (χ2v) is 9.62. The molecule has 0 atom stereocenters. The SMILES string of the molecule is CS(=O)(=O)c1ccc(CNS(=O)(=O)c2cccc3c(O)cccc23)cc1. The van der Waals surface area contributed by atoms with Gasteiger partial charge in [0, 0.05) is 23.6 Å². The summed E-state index contributed by atoms with van der Waals surface area (Å²) >= 11 is 0. The van der Waals surface area contributed by atoms with Crippen LogP contribution in [0.5, 0.6) is 5.75 Å². The zero-order valence-corrected chi connectivity index (χ0v) is 15.5. The molecule has 0 saturated carbocycles. The lowest BCUT2D eigenvalue weighted by Crippen LogP contribution is -2.23. The summed E-state index contributed by atoms with van der Waals surface area (Å²) in [5.41, 5.74) is 0.629. The first-order valence-corrected chi connectivity index (χ1v) is 11.1. The lowest BCUT2D eigenvalue weighted by molar-refractivity contribution is 0.481. The molecule has 0 aliphatic rings. The highest BCUT2D eigenvalue weighted by Gasteiger charge is 2.18. The van der Waals surface area contributed by atoms with Crippen molar-refractivity contribution >= 4 is 30.6 Å². The summed E-state index contributed by atoms with van der Waals surface area (Å²) in [6.07, 6.45) is 1.11. The van der Waals surface area contributed by atoms with Crippen LogP contribution in [-0.4, -0.2) is 28.2 Å². The number of hydrogen-bond donors (Lipinski definition) is 2. The number of hydrogen-bond acceptors (Lipinski definition) is 5. The lowest BCUT2D eigenvalue weighted by atomic mass is 10.1. The van der Waals surface area contributed by atoms with Crippen molar-refractivity contribution in [1.29, 1.82) is 0 Å². The molecule has 3 aromatic carbocycles. The summed E-state index contributed by atoms with van der Waals surface area (Å²) in [5, 5.41) is 10.8. The molecule has 0 aliphatic carbocycles. The second kappa shape index (κ2) is 6.71. The third-order valence-corrected chi connectivity index (χ3v) is 6.55. The molecule has 0 saturated heterocycles. The van der Waals surface area contributed by atoms with Crippen molar-refractivity contribution < 1.29 is 21.9 Å². The molecule has 0 fully saturated rings. The van der Waals surface area contributed by atoms with Crippen LogP contribution in [0.4, 0.5) is 0 Å². The minimum absolute atomic E-state index is 0.0101. The van der Waals surface area contributed by atoms with Crippen LogP contribution in [-0.2, 0) is 26.4 Å². The monoisotopic (exact) mass is 391 g/mol. The van der Waals surface area contributed by atoms with Gasteiger partial charge in [0.05, 0.1) is 9.79 Å². The molecule has 0 heterocycles. The Morgan fingerprint density at radius 1 is 0.846 bits per heavy atom. The van der Waals surface area contributed by atoms with E-state index in [4.69, 9.17) is 0 Å². The Balaban J connectivity index is 1.87. The maximum atomic E-state index is 12.7. The van der Waals surface area contributed by atoms with E-state index in [-0.39, 0.29) is 22.1 Å². The maximum absolute atomic E-state index is 12.7. The zero-order chi connectivity index (χ0) is 18.9. The van der Waals surface area contributed by atoms with E-state index in [9.17, 15) is 21.9 Å². The first-order valence-electron chi connectivity index (χ1n) is 7.68. The van der Waals surface area contributed by atoms with Gasteiger partial charge in [-0.1, -0.05) is 36.4 Å². The number of phenols is 1. The molecule has 26 heavy (non-hydrogen) atoms. The first-order chi connectivity index (χ1) is 12.2. The van der Waals surface area contributed by atoms with Crippen LogP contribution in [0.25, 0.3) is 10.8 Å². The van der Waals surface area contributed by atoms with Crippen LogP contribution in [0.3, 0.4) is 0 Å². The average molecular weight is 391 g/mol. The van der Waals surface area contributed by atoms with E-state index in [2.05, 4.69) is 4.72 Å². The van der Waals surface area contributed by atoms with Crippen molar-refractivity contribution in [2.75, 3.05) is 6.26 Å². The van der Waals surface area contributed by atoms with Gasteiger partial charge in [0.2, 0.25) is 10.0 Å². The van der Waals surface area contributed by atoms with Gasteiger partial charge in [-0.05, 0) is 29.8 Å². The minimum atomic E-state index is -3.82. The van der Waals surface area contributed by atoms with E-state index < -0.39 is 19.9 Å². The third kappa shape index (κ3) is 3.72. The number of nitrogens with one attached hydrogen (secondary N) is 1. The molecule has 3 aromatic rings. The van der Waals surface area contributed by atoms with Crippen molar-refractivity contribution in [3.63, 3.8) is 0 Å². The minimum Gasteiger partial charge on any atom is -0.507 e. The average Bonchev–Trinajstić information content (AvgIpc) is 2.59. The Hall–Kier alpha value is -2.42. The number of rotatable bonds is 5. The quantitative estimate of drug-likeness (QED) is 0.696. The van der Waals surface area contributed by atoms with E-state index in [0.717, 1.165) is 6.26 Å². The molecule has 2 N–H and O–H groups in total. The van der Waals surface area contributed by atoms with Crippen molar-refractivity contribution in [2.24, 2.45) is 0 Å². The highest BCUT2D eigenvalue weighted by atomic mass is 32.2. The number of benzene rings is 3. The maximum Gasteiger partial charge on any atom is 0.241 e. The number of phenolic OH excluding ortho intramolecular Hbond substituents is 1. The molecule has 0 aliphatic heterocycles. The lowest BCUT2D eigenvalue weighted by Gasteiger charge is -2.10. The molecule has 0 radical (unpaired) electrons. The summed E-state index contributed by atoms with van der Waals surface area (Å²) < 4.78 is 50.8. The number of sulfone groups is 1. The summed E-state index contributed by atoms with van der Waals surface area (Å²) in [4.78, 5) is 0.243. The van der Waals surface area contributed by atoms with Crippen molar-refractivity contribution in [1.82, 2.24) is 4.72 Å². The molecule has 8 heteroatoms. The van der Waals surface area contributed by atoms with Crippen LogP contribution in [0.15, 0.2) is 70.5 Å². The highest BCUT2D eigenvalue weighted by Crippen LogP contribution is 2.29. The standard InChI is InChI=1S/C18H17NO5S2/c1-25(21,22)14-10-8-13(9-11-14)12-19-26(23,24)18-7-3-4-15-16(18)5-2-6-17(15)20/h2-11,19-20H,12H2,1H3. The van der Waals surface area contributed by atoms with Crippen LogP contribution >= 0.6 is 0 Å². The van der Waals surface area contributed by atoms with Gasteiger partial charge in [0.25, 0.3) is 0 Å². The molecule has 0 amide bonds. The topological polar surface area (TPSA) is 101 Å². The number of aromatic hydroxyl groups is 1. The van der Waals surface area contributed by atoms with E-state index in [0.29, 0.717) is 16.3 Å². The van der Waals surface area contributed by atoms with Gasteiger partial charge >= 0.3 is 0 Å². The summed E-state index contributed by atoms with van der Waals surface area (Å²) in [6.45, 7) is 0.0155. The molecule has 0 spiro atoms. The molecule has 0 bridgehead atoms. The molecule has 0 unspecified atom stereocenters. The Bertz CT molecular complexity index is 1170. The van der Waals surface area contributed by atoms with Gasteiger partial charge in [-0.25, -0.2) is 21.6 Å². The van der Waals surface area contributed by atoms with E-state index in [1.165, 1.54) is 24.3 Å². The molecular weight excluding hydrogens is 374 g/mol. The fourth-order valence-electron chi connectivity index (χ4n) is 2.61. The summed E-state index contributed by atoms with van der Waals surface area (Å²) in [7, 11) is -7.12. The zero-order valence-electron chi connectivity index (χ0n) is 13.9. The molecule has 0 aromatic heterocycles. The molecular formula is C18H17NO5S2. The van der Waals surface area contributed by atoms with E-state index in [1.807, 2.05) is 0 Å². The smallest absolute Gasteiger partial charge is 0.241 e. The van der Waals surface area contributed by atoms with Crippen molar-refractivity contribution in [2.45, 2.75) is 16.3 Å².